The van der Waals surface area contributed by atoms with Gasteiger partial charge in [-0.15, -0.1) is 0 Å². The maximum atomic E-state index is 8.52. The normalized spacial score (nSPS) is 9.64. The molecule has 0 aliphatic heterocycles. The van der Waals surface area contributed by atoms with Gasteiger partial charge in [0.2, 0.25) is 0 Å². The van der Waals surface area contributed by atoms with E-state index in [1.54, 1.807) is 0 Å². The van der Waals surface area contributed by atoms with E-state index in [1.807, 2.05) is 31.2 Å². The Morgan fingerprint density at radius 1 is 1.36 bits per heavy atom. The van der Waals surface area contributed by atoms with Gasteiger partial charge in [0, 0.05) is 0 Å². The highest BCUT2D eigenvalue weighted by Crippen LogP contribution is 2.12. The molecule has 11 heavy (non-hydrogen) atoms. The van der Waals surface area contributed by atoms with Crippen molar-refractivity contribution in [1.29, 1.82) is 0 Å². The monoisotopic (exact) mass is 150 g/mol. The van der Waals surface area contributed by atoms with Crippen molar-refractivity contribution in [2.24, 2.45) is 0 Å². The molecule has 0 fully saturated rings. The van der Waals surface area contributed by atoms with Crippen molar-refractivity contribution >= 4 is 5.69 Å². The largest absolute Gasteiger partial charge is 0.394 e. The number of rotatable bonds is 3. The van der Waals surface area contributed by atoms with Gasteiger partial charge >= 0.3 is 0 Å². The second kappa shape index (κ2) is 3.98. The van der Waals surface area contributed by atoms with Gasteiger partial charge in [-0.3, -0.25) is 5.32 Å². The van der Waals surface area contributed by atoms with Crippen molar-refractivity contribution < 1.29 is 5.11 Å². The molecular weight excluding hydrogens is 138 g/mol. The molecular formula is C9H12NO. The second-order valence-corrected chi connectivity index (χ2v) is 2.39. The van der Waals surface area contributed by atoms with Crippen LogP contribution in [0.1, 0.15) is 5.56 Å². The van der Waals surface area contributed by atoms with Gasteiger partial charge in [0.15, 0.2) is 0 Å². The number of aliphatic hydroxyl groups is 1. The van der Waals surface area contributed by atoms with Crippen molar-refractivity contribution in [3.63, 3.8) is 0 Å². The zero-order valence-electron chi connectivity index (χ0n) is 6.62. The van der Waals surface area contributed by atoms with E-state index < -0.39 is 0 Å². The van der Waals surface area contributed by atoms with Crippen LogP contribution in [-0.2, 0) is 0 Å². The molecule has 0 aliphatic carbocycles. The van der Waals surface area contributed by atoms with Crippen LogP contribution < -0.4 is 5.32 Å². The van der Waals surface area contributed by atoms with Crippen LogP contribution in [0.4, 0.5) is 5.69 Å². The van der Waals surface area contributed by atoms with Gasteiger partial charge in [-0.25, -0.2) is 0 Å². The minimum atomic E-state index is 0.119. The maximum absolute atomic E-state index is 8.52. The minimum absolute atomic E-state index is 0.119. The topological polar surface area (TPSA) is 34.3 Å². The van der Waals surface area contributed by atoms with E-state index in [0.29, 0.717) is 6.54 Å². The summed E-state index contributed by atoms with van der Waals surface area (Å²) in [4.78, 5) is 0. The van der Waals surface area contributed by atoms with E-state index in [1.165, 1.54) is 0 Å². The lowest BCUT2D eigenvalue weighted by Crippen LogP contribution is -2.04. The van der Waals surface area contributed by atoms with E-state index in [4.69, 9.17) is 5.11 Å². The summed E-state index contributed by atoms with van der Waals surface area (Å²) in [5, 5.41) is 12.7. The Balaban J connectivity index is 2.62. The van der Waals surface area contributed by atoms with Crippen LogP contribution in [-0.4, -0.2) is 18.3 Å². The Morgan fingerprint density at radius 3 is 2.73 bits per heavy atom. The van der Waals surface area contributed by atoms with Gasteiger partial charge in [-0.2, -0.15) is 0 Å². The molecule has 1 aromatic carbocycles. The van der Waals surface area contributed by atoms with Gasteiger partial charge in [0.05, 0.1) is 18.8 Å². The van der Waals surface area contributed by atoms with Crippen LogP contribution in [0.25, 0.3) is 0 Å². The zero-order chi connectivity index (χ0) is 8.10. The van der Waals surface area contributed by atoms with Crippen molar-refractivity contribution in [3.8, 4) is 0 Å². The standard InChI is InChI=1S/C9H12NO/c1-8-4-2-3-5-9(8)10-6-7-11/h2-5,11H,6-7H2,1H3. The molecule has 2 heteroatoms. The quantitative estimate of drug-likeness (QED) is 0.690. The van der Waals surface area contributed by atoms with Gasteiger partial charge < -0.3 is 5.11 Å². The summed E-state index contributed by atoms with van der Waals surface area (Å²) in [7, 11) is 0. The van der Waals surface area contributed by atoms with Crippen LogP contribution in [0.15, 0.2) is 24.3 Å². The molecule has 0 aliphatic rings. The average Bonchev–Trinajstić information content (AvgIpc) is 2.03. The first-order valence-corrected chi connectivity index (χ1v) is 3.68. The Kier molecular flexibility index (Phi) is 2.93. The third-order valence-corrected chi connectivity index (χ3v) is 1.50. The molecule has 1 radical (unpaired) electrons. The van der Waals surface area contributed by atoms with Crippen molar-refractivity contribution in [1.82, 2.24) is 5.32 Å². The number of nitrogens with zero attached hydrogens (tertiary/aromatic N) is 1. The number of benzene rings is 1. The van der Waals surface area contributed by atoms with E-state index in [-0.39, 0.29) is 6.61 Å². The average molecular weight is 150 g/mol. The van der Waals surface area contributed by atoms with Gasteiger partial charge in [-0.1, -0.05) is 18.2 Å². The highest BCUT2D eigenvalue weighted by atomic mass is 16.3. The third kappa shape index (κ3) is 2.24. The molecule has 0 spiro atoms. The molecule has 0 aromatic heterocycles. The summed E-state index contributed by atoms with van der Waals surface area (Å²) < 4.78 is 0. The van der Waals surface area contributed by atoms with E-state index in [9.17, 15) is 0 Å². The zero-order valence-corrected chi connectivity index (χ0v) is 6.62. The van der Waals surface area contributed by atoms with Crippen LogP contribution >= 0.6 is 0 Å². The fourth-order valence-electron chi connectivity index (χ4n) is 0.911. The highest BCUT2D eigenvalue weighted by molar-refractivity contribution is 5.43. The fourth-order valence-corrected chi connectivity index (χ4v) is 0.911. The minimum Gasteiger partial charge on any atom is -0.394 e. The van der Waals surface area contributed by atoms with Gasteiger partial charge in [0.25, 0.3) is 0 Å². The van der Waals surface area contributed by atoms with Crippen LogP contribution in [0, 0.1) is 6.92 Å². The molecule has 0 atom stereocenters. The first-order valence-electron chi connectivity index (χ1n) is 3.68. The Morgan fingerprint density at radius 2 is 2.09 bits per heavy atom. The summed E-state index contributed by atoms with van der Waals surface area (Å²) >= 11 is 0. The molecule has 0 bridgehead atoms. The van der Waals surface area contributed by atoms with Crippen molar-refractivity contribution in [2.75, 3.05) is 13.2 Å². The van der Waals surface area contributed by atoms with Crippen LogP contribution in [0.3, 0.4) is 0 Å². The fraction of sp³-hybridized carbons (Fsp3) is 0.333. The summed E-state index contributed by atoms with van der Waals surface area (Å²) in [6, 6.07) is 7.89. The molecule has 0 saturated heterocycles. The van der Waals surface area contributed by atoms with Crippen molar-refractivity contribution in [2.45, 2.75) is 6.92 Å². The predicted octanol–water partition coefficient (Wildman–Crippen LogP) is 1.22. The summed E-state index contributed by atoms with van der Waals surface area (Å²) in [5.41, 5.74) is 2.13. The number of aliphatic hydroxyl groups excluding tert-OH is 1. The molecule has 1 rings (SSSR count). The predicted molar refractivity (Wildman–Crippen MR) is 44.9 cm³/mol. The second-order valence-electron chi connectivity index (χ2n) is 2.39. The third-order valence-electron chi connectivity index (χ3n) is 1.50. The molecule has 0 amide bonds. The molecule has 0 heterocycles. The maximum Gasteiger partial charge on any atom is 0.0628 e. The van der Waals surface area contributed by atoms with Crippen LogP contribution in [0.5, 0.6) is 0 Å². The lowest BCUT2D eigenvalue weighted by molar-refractivity contribution is 0.298. The summed E-state index contributed by atoms with van der Waals surface area (Å²) in [5.74, 6) is 0. The van der Waals surface area contributed by atoms with Gasteiger partial charge in [-0.05, 0) is 18.6 Å². The lowest BCUT2D eigenvalue weighted by Gasteiger charge is -2.03. The first-order chi connectivity index (χ1) is 5.34. The molecule has 59 valence electrons. The van der Waals surface area contributed by atoms with Crippen molar-refractivity contribution in [3.05, 3.63) is 29.8 Å². The Hall–Kier alpha value is -1.02. The van der Waals surface area contributed by atoms with E-state index >= 15 is 0 Å². The molecule has 1 aromatic rings. The van der Waals surface area contributed by atoms with E-state index in [2.05, 4.69) is 5.32 Å². The SMILES string of the molecule is Cc1ccccc1[N]CCO. The molecule has 2 nitrogen and oxygen atoms in total. The number of hydrogen-bond acceptors (Lipinski definition) is 1. The number of aryl methyl sites for hydroxylation is 1. The van der Waals surface area contributed by atoms with E-state index in [0.717, 1.165) is 11.3 Å². The summed E-state index contributed by atoms with van der Waals surface area (Å²) in [6.07, 6.45) is 0. The molecule has 0 unspecified atom stereocenters. The lowest BCUT2D eigenvalue weighted by atomic mass is 10.2. The smallest absolute Gasteiger partial charge is 0.0628 e. The van der Waals surface area contributed by atoms with Crippen LogP contribution in [0.2, 0.25) is 0 Å². The Labute approximate surface area is 66.9 Å². The highest BCUT2D eigenvalue weighted by Gasteiger charge is 1.94. The molecule has 1 N–H and O–H groups in total. The number of para-hydroxylation sites is 1. The number of hydrogen-bond donors (Lipinski definition) is 1. The first kappa shape index (κ1) is 8.08. The Bertz CT molecular complexity index is 223. The summed E-state index contributed by atoms with van der Waals surface area (Å²) in [6.45, 7) is 2.62. The molecule has 0 saturated carbocycles. The van der Waals surface area contributed by atoms with Gasteiger partial charge in [0.1, 0.15) is 0 Å².